The highest BCUT2D eigenvalue weighted by molar-refractivity contribution is 7.37. The minimum atomic E-state index is -3.05. The Morgan fingerprint density at radius 2 is 2.03 bits per heavy atom. The van der Waals surface area contributed by atoms with Crippen molar-refractivity contribution in [1.82, 2.24) is 24.6 Å². The number of carboxylic acids is 1. The summed E-state index contributed by atoms with van der Waals surface area (Å²) in [5, 5.41) is 34.3. The lowest BCUT2D eigenvalue weighted by Crippen LogP contribution is -2.34. The number of hydrogen-bond donors (Lipinski definition) is 5. The van der Waals surface area contributed by atoms with Crippen LogP contribution in [0.1, 0.15) is 13.2 Å². The molecule has 6 N–H and O–H groups in total. The number of ether oxygens (including phenoxy) is 2. The number of rotatable bonds is 9. The van der Waals surface area contributed by atoms with Crippen molar-refractivity contribution in [3.63, 3.8) is 0 Å². The quantitative estimate of drug-likeness (QED) is 0.142. The number of nitrogens with zero attached hydrogens (tertiary/aromatic N) is 4. The lowest BCUT2D eigenvalue weighted by atomic mass is 10.1. The van der Waals surface area contributed by atoms with Gasteiger partial charge >= 0.3 is 14.1 Å². The molecule has 1 saturated heterocycles. The van der Waals surface area contributed by atoms with Gasteiger partial charge in [-0.1, -0.05) is 30.3 Å². The Hall–Kier alpha value is -3.52. The summed E-state index contributed by atoms with van der Waals surface area (Å²) >= 11 is 6.27. The van der Waals surface area contributed by atoms with Crippen molar-refractivity contribution in [3.8, 4) is 11.5 Å². The van der Waals surface area contributed by atoms with Gasteiger partial charge in [0.25, 0.3) is 0 Å². The number of nitrogens with two attached hydrogens (primary N) is 1. The molecular weight excluding hydrogens is 555 g/mol. The van der Waals surface area contributed by atoms with E-state index in [1.54, 1.807) is 24.3 Å². The van der Waals surface area contributed by atoms with Gasteiger partial charge in [-0.05, 0) is 30.0 Å². The van der Waals surface area contributed by atoms with Gasteiger partial charge in [-0.3, -0.25) is 13.9 Å². The third-order valence-corrected chi connectivity index (χ3v) is 7.52. The Kier molecular flexibility index (Phi) is 7.58. The van der Waals surface area contributed by atoms with Crippen LogP contribution in [-0.4, -0.2) is 71.8 Å². The molecule has 206 valence electrons. The fraction of sp³-hybridized carbons (Fsp3) is 0.304. The first-order valence-electron chi connectivity index (χ1n) is 11.7. The average molecular weight is 579 g/mol. The summed E-state index contributed by atoms with van der Waals surface area (Å²) in [6.07, 6.45) is -3.78. The minimum Gasteiger partial charge on any atom is -0.487 e. The number of imidazole rings is 1. The van der Waals surface area contributed by atoms with Crippen molar-refractivity contribution in [3.05, 3.63) is 48.0 Å². The van der Waals surface area contributed by atoms with E-state index in [0.29, 0.717) is 5.39 Å². The second-order valence-corrected chi connectivity index (χ2v) is 10.2. The zero-order chi connectivity index (χ0) is 27.8. The molecule has 2 aromatic heterocycles. The van der Waals surface area contributed by atoms with Crippen LogP contribution in [0.5, 0.6) is 11.5 Å². The Bertz CT molecular complexity index is 1570. The molecule has 0 radical (unpaired) electrons. The van der Waals surface area contributed by atoms with Crippen molar-refractivity contribution >= 4 is 53.5 Å². The number of halogens is 1. The topological polar surface area (TPSA) is 204 Å². The fourth-order valence-corrected chi connectivity index (χ4v) is 5.37. The first kappa shape index (κ1) is 27.1. The van der Waals surface area contributed by atoms with Crippen LogP contribution in [0, 0.1) is 0 Å². The van der Waals surface area contributed by atoms with Gasteiger partial charge < -0.3 is 35.1 Å². The number of hydrogen-bond acceptors (Lipinski definition) is 11. The first-order chi connectivity index (χ1) is 18.7. The summed E-state index contributed by atoms with van der Waals surface area (Å²) in [5.74, 6) is -0.824. The van der Waals surface area contributed by atoms with Gasteiger partial charge in [-0.25, -0.2) is 20.0 Å². The maximum atomic E-state index is 12.6. The number of carboxylic acid groups (broad SMARTS) is 1. The van der Waals surface area contributed by atoms with Crippen LogP contribution in [0.3, 0.4) is 0 Å². The van der Waals surface area contributed by atoms with Crippen molar-refractivity contribution in [2.24, 2.45) is 0 Å². The molecule has 0 bridgehead atoms. The van der Waals surface area contributed by atoms with Crippen molar-refractivity contribution in [1.29, 1.82) is 0 Å². The van der Waals surface area contributed by atoms with E-state index in [9.17, 15) is 19.6 Å². The molecule has 14 nitrogen and oxygen atoms in total. The van der Waals surface area contributed by atoms with Crippen molar-refractivity contribution < 1.29 is 38.7 Å². The number of aliphatic carboxylic acids is 1. The number of aromatic nitrogens is 4. The van der Waals surface area contributed by atoms with Gasteiger partial charge in [-0.15, -0.1) is 0 Å². The standard InChI is InChI=1S/C23H24ClN6O8P/c1-10(22(33)34)29-39(35)38-18-12-5-3-2-4-11(12)6-7-13(18)36-8-14-16(31)17(32)21(37-14)30-20-15(28-23(30)24)19(25)26-9-27-20/h2-7,9-10,14,16-17,21,31-32,39H,8H2,1H3,(H,29,35)(H,33,34)(H2,25,26,27)/t10?,14-,16-,17-,21-/m1/s1. The molecule has 3 heterocycles. The SMILES string of the molecule is CC(N[PH](=O)Oc1c(OC[C@H]2O[C@@H](n3c(Cl)nc4c(N)ncnc43)[C@H](O)[C@@H]2O)ccc2ccccc12)C(=O)O. The van der Waals surface area contributed by atoms with E-state index in [1.165, 1.54) is 17.8 Å². The Morgan fingerprint density at radius 1 is 1.26 bits per heavy atom. The van der Waals surface area contributed by atoms with Gasteiger partial charge in [0, 0.05) is 5.39 Å². The lowest BCUT2D eigenvalue weighted by Gasteiger charge is -2.19. The predicted octanol–water partition coefficient (Wildman–Crippen LogP) is 1.74. The molecule has 0 spiro atoms. The zero-order valence-electron chi connectivity index (χ0n) is 20.3. The highest BCUT2D eigenvalue weighted by atomic mass is 35.5. The number of nitrogen functional groups attached to an aromatic ring is 1. The number of anilines is 1. The average Bonchev–Trinajstić information content (AvgIpc) is 3.39. The smallest absolute Gasteiger partial charge is 0.320 e. The molecule has 5 rings (SSSR count). The number of aliphatic hydroxyl groups excluding tert-OH is 2. The molecule has 2 aromatic carbocycles. The normalized spacial score (nSPS) is 22.7. The monoisotopic (exact) mass is 578 g/mol. The first-order valence-corrected chi connectivity index (χ1v) is 13.4. The van der Waals surface area contributed by atoms with Gasteiger partial charge in [-0.2, -0.15) is 0 Å². The molecule has 39 heavy (non-hydrogen) atoms. The number of nitrogens with one attached hydrogen (secondary N) is 1. The molecule has 16 heteroatoms. The second-order valence-electron chi connectivity index (χ2n) is 8.75. The minimum absolute atomic E-state index is 0.0755. The predicted molar refractivity (Wildman–Crippen MR) is 140 cm³/mol. The molecule has 4 aromatic rings. The van der Waals surface area contributed by atoms with Crippen molar-refractivity contribution in [2.45, 2.75) is 37.5 Å². The largest absolute Gasteiger partial charge is 0.487 e. The van der Waals surface area contributed by atoms with E-state index in [4.69, 9.17) is 36.4 Å². The Balaban J connectivity index is 1.38. The van der Waals surface area contributed by atoms with E-state index in [2.05, 4.69) is 20.0 Å². The molecule has 2 unspecified atom stereocenters. The summed E-state index contributed by atoms with van der Waals surface area (Å²) < 4.78 is 31.4. The fourth-order valence-electron chi connectivity index (χ4n) is 4.18. The summed E-state index contributed by atoms with van der Waals surface area (Å²) in [7, 11) is -3.05. The van der Waals surface area contributed by atoms with E-state index < -0.39 is 44.7 Å². The molecule has 0 amide bonds. The van der Waals surface area contributed by atoms with E-state index in [-0.39, 0.29) is 40.4 Å². The van der Waals surface area contributed by atoms with Crippen LogP contribution in [0.2, 0.25) is 5.28 Å². The molecule has 1 fully saturated rings. The van der Waals surface area contributed by atoms with Gasteiger partial charge in [0.15, 0.2) is 34.7 Å². The Morgan fingerprint density at radius 3 is 2.79 bits per heavy atom. The number of aliphatic hydroxyl groups is 2. The molecule has 0 aliphatic carbocycles. The summed E-state index contributed by atoms with van der Waals surface area (Å²) in [6.45, 7) is 1.09. The lowest BCUT2D eigenvalue weighted by molar-refractivity contribution is -0.138. The van der Waals surface area contributed by atoms with Gasteiger partial charge in [0.1, 0.15) is 37.3 Å². The third-order valence-electron chi connectivity index (χ3n) is 6.20. The van der Waals surface area contributed by atoms with E-state index >= 15 is 0 Å². The maximum Gasteiger partial charge on any atom is 0.320 e. The van der Waals surface area contributed by atoms with Crippen LogP contribution < -0.4 is 20.1 Å². The maximum absolute atomic E-state index is 12.6. The highest BCUT2D eigenvalue weighted by Crippen LogP contribution is 2.41. The number of fused-ring (bicyclic) bond motifs is 2. The summed E-state index contributed by atoms with van der Waals surface area (Å²) in [4.78, 5) is 23.3. The summed E-state index contributed by atoms with van der Waals surface area (Å²) in [6, 6.07) is 9.35. The van der Waals surface area contributed by atoms with Gasteiger partial charge in [0.2, 0.25) is 5.28 Å². The van der Waals surface area contributed by atoms with Crippen LogP contribution in [-0.2, 0) is 14.1 Å². The molecule has 6 atom stereocenters. The van der Waals surface area contributed by atoms with E-state index in [1.807, 2.05) is 12.1 Å². The number of benzene rings is 2. The molecule has 1 aliphatic rings. The molecule has 0 saturated carbocycles. The van der Waals surface area contributed by atoms with Crippen LogP contribution in [0.4, 0.5) is 5.82 Å². The van der Waals surface area contributed by atoms with E-state index in [0.717, 1.165) is 5.39 Å². The number of carbonyl (C=O) groups is 1. The van der Waals surface area contributed by atoms with Crippen LogP contribution in [0.15, 0.2) is 42.7 Å². The van der Waals surface area contributed by atoms with Gasteiger partial charge in [0.05, 0.1) is 0 Å². The Labute approximate surface area is 226 Å². The molecular formula is C23H24ClN6O8P. The van der Waals surface area contributed by atoms with Crippen LogP contribution in [0.25, 0.3) is 21.9 Å². The highest BCUT2D eigenvalue weighted by Gasteiger charge is 2.45. The zero-order valence-corrected chi connectivity index (χ0v) is 22.0. The second kappa shape index (κ2) is 10.9. The molecule has 1 aliphatic heterocycles. The van der Waals surface area contributed by atoms with Crippen molar-refractivity contribution in [2.75, 3.05) is 12.3 Å². The van der Waals surface area contributed by atoms with Crippen LogP contribution >= 0.6 is 19.8 Å². The third kappa shape index (κ3) is 5.22. The summed E-state index contributed by atoms with van der Waals surface area (Å²) in [5.41, 5.74) is 6.27.